The van der Waals surface area contributed by atoms with Gasteiger partial charge in [0.2, 0.25) is 0 Å². The topological polar surface area (TPSA) is 73.6 Å². The zero-order valence-electron chi connectivity index (χ0n) is 17.7. The van der Waals surface area contributed by atoms with Crippen LogP contribution in [0.4, 0.5) is 40.7 Å². The monoisotopic (exact) mass is 457 g/mol. The van der Waals surface area contributed by atoms with E-state index in [4.69, 9.17) is 17.3 Å². The molecule has 4 N–H and O–H groups in total. The molecule has 10 heteroatoms. The average Bonchev–Trinajstić information content (AvgIpc) is 2.75. The number of hydrogen-bond acceptors (Lipinski definition) is 4. The summed E-state index contributed by atoms with van der Waals surface area (Å²) >= 11 is 5.61. The summed E-state index contributed by atoms with van der Waals surface area (Å²) in [5, 5.41) is 5.11. The van der Waals surface area contributed by atoms with Crippen LogP contribution in [0, 0.1) is 0 Å². The highest BCUT2D eigenvalue weighted by molar-refractivity contribution is 6.31. The van der Waals surface area contributed by atoms with Gasteiger partial charge in [-0.05, 0) is 36.4 Å². The lowest BCUT2D eigenvalue weighted by atomic mass is 10.2. The Hall–Kier alpha value is -2.81. The fourth-order valence-corrected chi connectivity index (χ4v) is 3.39. The molecule has 3 rings (SSSR count). The standard InChI is InChI=1S/C19H21ClF3N5O.C2H6/c1-25-17-5-3-13(11-16(17)24)27-6-8-28(9-7-27)18(29)26-12-2-4-15(20)14(10-12)19(21,22)23;1-2/h2-5,10-11,25H,6-9,24H2,1H3,(H,26,29);1-2H3. The lowest BCUT2D eigenvalue weighted by molar-refractivity contribution is -0.137. The predicted octanol–water partition coefficient (Wildman–Crippen LogP) is 5.36. The number of halogens is 4. The number of piperazine rings is 1. The summed E-state index contributed by atoms with van der Waals surface area (Å²) in [4.78, 5) is 16.1. The number of hydrogen-bond donors (Lipinski definition) is 3. The smallest absolute Gasteiger partial charge is 0.397 e. The number of nitrogens with two attached hydrogens (primary N) is 1. The maximum atomic E-state index is 13.0. The van der Waals surface area contributed by atoms with E-state index in [1.165, 1.54) is 6.07 Å². The Morgan fingerprint density at radius 1 is 1.06 bits per heavy atom. The first-order valence-electron chi connectivity index (χ1n) is 9.94. The van der Waals surface area contributed by atoms with Crippen LogP contribution in [0.15, 0.2) is 36.4 Å². The number of urea groups is 1. The zero-order chi connectivity index (χ0) is 23.2. The number of amides is 2. The molecule has 1 aliphatic rings. The molecule has 0 bridgehead atoms. The van der Waals surface area contributed by atoms with Crippen molar-refractivity contribution in [2.75, 3.05) is 54.5 Å². The van der Waals surface area contributed by atoms with Crippen molar-refractivity contribution in [1.29, 1.82) is 0 Å². The summed E-state index contributed by atoms with van der Waals surface area (Å²) in [5.74, 6) is 0. The highest BCUT2D eigenvalue weighted by atomic mass is 35.5. The molecule has 1 aliphatic heterocycles. The van der Waals surface area contributed by atoms with E-state index in [0.717, 1.165) is 23.5 Å². The molecular formula is C21H27ClF3N5O. The van der Waals surface area contributed by atoms with Crippen molar-refractivity contribution in [2.24, 2.45) is 0 Å². The number of carbonyl (C=O) groups is 1. The normalized spacial score (nSPS) is 13.9. The van der Waals surface area contributed by atoms with E-state index < -0.39 is 22.8 Å². The van der Waals surface area contributed by atoms with Crippen molar-refractivity contribution in [1.82, 2.24) is 4.90 Å². The van der Waals surface area contributed by atoms with Crippen LogP contribution in [0.2, 0.25) is 5.02 Å². The van der Waals surface area contributed by atoms with Crippen LogP contribution < -0.4 is 21.3 Å². The fraction of sp³-hybridized carbons (Fsp3) is 0.381. The van der Waals surface area contributed by atoms with Crippen LogP contribution in [0.3, 0.4) is 0 Å². The highest BCUT2D eigenvalue weighted by Crippen LogP contribution is 2.36. The minimum Gasteiger partial charge on any atom is -0.397 e. The minimum atomic E-state index is -4.59. The molecule has 1 saturated heterocycles. The van der Waals surface area contributed by atoms with Crippen molar-refractivity contribution >= 4 is 40.4 Å². The van der Waals surface area contributed by atoms with Gasteiger partial charge in [0, 0.05) is 44.6 Å². The van der Waals surface area contributed by atoms with Gasteiger partial charge < -0.3 is 26.2 Å². The molecule has 0 aromatic heterocycles. The van der Waals surface area contributed by atoms with Crippen LogP contribution in [0.25, 0.3) is 0 Å². The average molecular weight is 458 g/mol. The van der Waals surface area contributed by atoms with Crippen molar-refractivity contribution in [3.8, 4) is 0 Å². The second-order valence-electron chi connectivity index (χ2n) is 6.62. The van der Waals surface area contributed by atoms with E-state index >= 15 is 0 Å². The number of alkyl halides is 3. The van der Waals surface area contributed by atoms with E-state index in [0.29, 0.717) is 31.9 Å². The number of nitrogen functional groups attached to an aromatic ring is 1. The molecule has 2 amide bonds. The van der Waals surface area contributed by atoms with E-state index in [1.54, 1.807) is 11.9 Å². The largest absolute Gasteiger partial charge is 0.417 e. The highest BCUT2D eigenvalue weighted by Gasteiger charge is 2.33. The summed E-state index contributed by atoms with van der Waals surface area (Å²) in [6, 6.07) is 8.56. The van der Waals surface area contributed by atoms with Gasteiger partial charge in [0.1, 0.15) is 0 Å². The number of rotatable bonds is 3. The first-order chi connectivity index (χ1) is 14.7. The van der Waals surface area contributed by atoms with Gasteiger partial charge in [-0.15, -0.1) is 0 Å². The Kier molecular flexibility index (Phi) is 8.27. The number of anilines is 4. The molecule has 0 spiro atoms. The van der Waals surface area contributed by atoms with Gasteiger partial charge in [-0.25, -0.2) is 4.79 Å². The molecule has 0 unspecified atom stereocenters. The summed E-state index contributed by atoms with van der Waals surface area (Å²) in [5.41, 5.74) is 7.49. The molecule has 170 valence electrons. The number of nitrogens with zero attached hydrogens (tertiary/aromatic N) is 2. The number of carbonyl (C=O) groups excluding carboxylic acids is 1. The van der Waals surface area contributed by atoms with Crippen molar-refractivity contribution in [2.45, 2.75) is 20.0 Å². The number of benzene rings is 2. The first-order valence-corrected chi connectivity index (χ1v) is 10.3. The van der Waals surface area contributed by atoms with Crippen LogP contribution in [-0.4, -0.2) is 44.2 Å². The summed E-state index contributed by atoms with van der Waals surface area (Å²) in [7, 11) is 1.79. The zero-order valence-corrected chi connectivity index (χ0v) is 18.4. The van der Waals surface area contributed by atoms with Crippen LogP contribution in [0.1, 0.15) is 19.4 Å². The molecule has 31 heavy (non-hydrogen) atoms. The van der Waals surface area contributed by atoms with Crippen molar-refractivity contribution in [3.63, 3.8) is 0 Å². The maximum absolute atomic E-state index is 13.0. The van der Waals surface area contributed by atoms with Crippen LogP contribution in [0.5, 0.6) is 0 Å². The Balaban J connectivity index is 0.00000166. The van der Waals surface area contributed by atoms with Crippen molar-refractivity contribution in [3.05, 3.63) is 47.0 Å². The predicted molar refractivity (Wildman–Crippen MR) is 121 cm³/mol. The Morgan fingerprint density at radius 3 is 2.26 bits per heavy atom. The van der Waals surface area contributed by atoms with Gasteiger partial charge in [0.15, 0.2) is 0 Å². The third-order valence-electron chi connectivity index (χ3n) is 4.76. The SMILES string of the molecule is CC.CNc1ccc(N2CCN(C(=O)Nc3ccc(Cl)c(C(F)(F)F)c3)CC2)cc1N. The van der Waals surface area contributed by atoms with E-state index in [-0.39, 0.29) is 5.69 Å². The van der Waals surface area contributed by atoms with Gasteiger partial charge in [-0.1, -0.05) is 25.4 Å². The van der Waals surface area contributed by atoms with E-state index in [1.807, 2.05) is 32.0 Å². The molecule has 0 aliphatic carbocycles. The first kappa shape index (κ1) is 24.5. The van der Waals surface area contributed by atoms with E-state index in [2.05, 4.69) is 15.5 Å². The third-order valence-corrected chi connectivity index (χ3v) is 5.09. The number of nitrogens with one attached hydrogen (secondary N) is 2. The summed E-state index contributed by atoms with van der Waals surface area (Å²) < 4.78 is 38.9. The Morgan fingerprint density at radius 2 is 1.71 bits per heavy atom. The van der Waals surface area contributed by atoms with Crippen LogP contribution in [-0.2, 0) is 6.18 Å². The lowest BCUT2D eigenvalue weighted by Crippen LogP contribution is -2.50. The molecule has 0 saturated carbocycles. The summed E-state index contributed by atoms with van der Waals surface area (Å²) in [6.07, 6.45) is -4.59. The summed E-state index contributed by atoms with van der Waals surface area (Å²) in [6.45, 7) is 6.03. The lowest BCUT2D eigenvalue weighted by Gasteiger charge is -2.36. The quantitative estimate of drug-likeness (QED) is 0.542. The van der Waals surface area contributed by atoms with Gasteiger partial charge in [0.05, 0.1) is 22.0 Å². The Labute approximate surface area is 185 Å². The molecule has 1 fully saturated rings. The van der Waals surface area contributed by atoms with Gasteiger partial charge in [0.25, 0.3) is 0 Å². The van der Waals surface area contributed by atoms with Crippen molar-refractivity contribution < 1.29 is 18.0 Å². The van der Waals surface area contributed by atoms with E-state index in [9.17, 15) is 18.0 Å². The third kappa shape index (κ3) is 6.10. The van der Waals surface area contributed by atoms with Gasteiger partial charge in [-0.3, -0.25) is 0 Å². The molecule has 1 heterocycles. The molecule has 6 nitrogen and oxygen atoms in total. The molecule has 2 aromatic carbocycles. The molecule has 0 radical (unpaired) electrons. The Bertz CT molecular complexity index is 899. The second-order valence-corrected chi connectivity index (χ2v) is 7.03. The maximum Gasteiger partial charge on any atom is 0.417 e. The molecular weight excluding hydrogens is 431 g/mol. The molecule has 2 aromatic rings. The van der Waals surface area contributed by atoms with Crippen LogP contribution >= 0.6 is 11.6 Å². The minimum absolute atomic E-state index is 0.0459. The van der Waals surface area contributed by atoms with Gasteiger partial charge >= 0.3 is 12.2 Å². The van der Waals surface area contributed by atoms with Gasteiger partial charge in [-0.2, -0.15) is 13.2 Å². The second kappa shape index (κ2) is 10.5. The molecule has 0 atom stereocenters. The fourth-order valence-electron chi connectivity index (χ4n) is 3.17.